The zero-order chi connectivity index (χ0) is 29.8. The average Bonchev–Trinajstić information content (AvgIpc) is 3.58. The zero-order valence-electron chi connectivity index (χ0n) is 24.1. The van der Waals surface area contributed by atoms with Crippen molar-refractivity contribution in [3.05, 3.63) is 102 Å². The van der Waals surface area contributed by atoms with E-state index in [0.29, 0.717) is 29.4 Å². The third-order valence-corrected chi connectivity index (χ3v) is 7.48. The van der Waals surface area contributed by atoms with Crippen molar-refractivity contribution < 1.29 is 14.3 Å². The van der Waals surface area contributed by atoms with Gasteiger partial charge in [-0.3, -0.25) is 4.79 Å². The Bertz CT molecular complexity index is 1800. The van der Waals surface area contributed by atoms with Gasteiger partial charge in [0.05, 0.1) is 17.7 Å². The van der Waals surface area contributed by atoms with E-state index in [0.717, 1.165) is 52.2 Å². The number of nitrogens with zero attached hydrogens (tertiary/aromatic N) is 4. The first-order valence-electron chi connectivity index (χ1n) is 14.4. The molecular formula is C34H32N6O3. The minimum absolute atomic E-state index is 0.282. The van der Waals surface area contributed by atoms with Gasteiger partial charge in [0.15, 0.2) is 0 Å². The van der Waals surface area contributed by atoms with Gasteiger partial charge in [-0.1, -0.05) is 12.1 Å². The Labute approximate surface area is 250 Å². The molecule has 9 heteroatoms. The van der Waals surface area contributed by atoms with Crippen LogP contribution >= 0.6 is 0 Å². The van der Waals surface area contributed by atoms with Crippen molar-refractivity contribution in [2.24, 2.45) is 0 Å². The van der Waals surface area contributed by atoms with Gasteiger partial charge in [0.1, 0.15) is 5.82 Å². The van der Waals surface area contributed by atoms with Crippen molar-refractivity contribution in [3.63, 3.8) is 0 Å². The van der Waals surface area contributed by atoms with Crippen molar-refractivity contribution in [3.8, 4) is 11.1 Å². The van der Waals surface area contributed by atoms with Crippen molar-refractivity contribution in [2.75, 3.05) is 35.2 Å². The molecule has 0 radical (unpaired) electrons. The Morgan fingerprint density at radius 2 is 1.72 bits per heavy atom. The van der Waals surface area contributed by atoms with Gasteiger partial charge >= 0.3 is 5.97 Å². The number of hydrogen-bond donors (Lipinski definition) is 2. The molecule has 6 rings (SSSR count). The first-order chi connectivity index (χ1) is 21.0. The number of ether oxygens (including phenoxy) is 1. The Morgan fingerprint density at radius 3 is 2.51 bits per heavy atom. The molecule has 9 nitrogen and oxygen atoms in total. The Hall–Kier alpha value is -5.31. The van der Waals surface area contributed by atoms with Crippen LogP contribution in [0, 0.1) is 6.92 Å². The molecular weight excluding hydrogens is 540 g/mol. The quantitative estimate of drug-likeness (QED) is 0.196. The second-order valence-corrected chi connectivity index (χ2v) is 10.4. The largest absolute Gasteiger partial charge is 0.462 e. The number of nitrogens with one attached hydrogen (secondary N) is 2. The molecule has 1 fully saturated rings. The van der Waals surface area contributed by atoms with Crippen molar-refractivity contribution >= 4 is 45.9 Å². The number of benzene rings is 3. The third kappa shape index (κ3) is 6.16. The molecule has 0 aliphatic carbocycles. The first kappa shape index (κ1) is 27.8. The van der Waals surface area contributed by atoms with Crippen LogP contribution in [0.2, 0.25) is 0 Å². The number of pyridine rings is 1. The highest BCUT2D eigenvalue weighted by atomic mass is 16.5. The van der Waals surface area contributed by atoms with Gasteiger partial charge in [-0.15, -0.1) is 0 Å². The maximum absolute atomic E-state index is 12.9. The van der Waals surface area contributed by atoms with Crippen LogP contribution in [0.25, 0.3) is 22.0 Å². The summed E-state index contributed by atoms with van der Waals surface area (Å²) < 4.78 is 5.01. The van der Waals surface area contributed by atoms with Crippen LogP contribution in [-0.2, 0) is 4.74 Å². The number of hydrogen-bond acceptors (Lipinski definition) is 8. The van der Waals surface area contributed by atoms with E-state index < -0.39 is 5.97 Å². The van der Waals surface area contributed by atoms with Crippen molar-refractivity contribution in [2.45, 2.75) is 26.7 Å². The topological polar surface area (TPSA) is 109 Å². The van der Waals surface area contributed by atoms with Crippen molar-refractivity contribution in [1.29, 1.82) is 0 Å². The fourth-order valence-electron chi connectivity index (χ4n) is 5.19. The lowest BCUT2D eigenvalue weighted by Gasteiger charge is -2.20. The molecule has 0 saturated carbocycles. The van der Waals surface area contributed by atoms with Gasteiger partial charge in [0, 0.05) is 53.4 Å². The van der Waals surface area contributed by atoms with E-state index in [1.807, 2.05) is 49.6 Å². The summed E-state index contributed by atoms with van der Waals surface area (Å²) in [5.41, 5.74) is 6.13. The highest BCUT2D eigenvalue weighted by Crippen LogP contribution is 2.32. The fraction of sp³-hybridized carbons (Fsp3) is 0.206. The summed E-state index contributed by atoms with van der Waals surface area (Å²) in [4.78, 5) is 41.2. The number of rotatable bonds is 8. The Balaban J connectivity index is 1.18. The smallest absolute Gasteiger partial charge is 0.338 e. The van der Waals surface area contributed by atoms with E-state index in [1.54, 1.807) is 31.2 Å². The molecule has 43 heavy (non-hydrogen) atoms. The van der Waals surface area contributed by atoms with Crippen LogP contribution in [0.4, 0.5) is 23.1 Å². The first-order valence-corrected chi connectivity index (χ1v) is 14.4. The molecule has 5 aromatic rings. The predicted molar refractivity (Wildman–Crippen MR) is 169 cm³/mol. The number of carbonyl (C=O) groups is 2. The summed E-state index contributed by atoms with van der Waals surface area (Å²) in [6.45, 7) is 6.03. The average molecular weight is 573 g/mol. The molecule has 1 saturated heterocycles. The third-order valence-electron chi connectivity index (χ3n) is 7.48. The minimum atomic E-state index is -0.416. The lowest BCUT2D eigenvalue weighted by molar-refractivity contribution is 0.0526. The molecule has 2 N–H and O–H groups in total. The number of aryl methyl sites for hydroxylation is 1. The molecule has 0 spiro atoms. The molecule has 3 heterocycles. The molecule has 3 aromatic carbocycles. The van der Waals surface area contributed by atoms with Gasteiger partial charge in [0.25, 0.3) is 5.91 Å². The van der Waals surface area contributed by atoms with Crippen LogP contribution < -0.4 is 15.5 Å². The SMILES string of the molecule is CCOC(=O)c1ccc(C(=O)Nc2cc(Nc3ncc4cc(-c5cccnc5N5CCCC5)ccc4n3)ccc2C)cc1. The predicted octanol–water partition coefficient (Wildman–Crippen LogP) is 6.77. The molecule has 1 aliphatic heterocycles. The lowest BCUT2D eigenvalue weighted by Crippen LogP contribution is -2.19. The van der Waals surface area contributed by atoms with Crippen LogP contribution in [0.5, 0.6) is 0 Å². The Kier molecular flexibility index (Phi) is 7.95. The summed E-state index contributed by atoms with van der Waals surface area (Å²) in [5, 5.41) is 7.15. The van der Waals surface area contributed by atoms with Gasteiger partial charge in [-0.25, -0.2) is 19.7 Å². The number of aromatic nitrogens is 3. The lowest BCUT2D eigenvalue weighted by atomic mass is 10.0. The van der Waals surface area contributed by atoms with Crippen LogP contribution in [0.15, 0.2) is 85.2 Å². The molecule has 0 atom stereocenters. The molecule has 0 bridgehead atoms. The van der Waals surface area contributed by atoms with Crippen LogP contribution in [0.3, 0.4) is 0 Å². The van der Waals surface area contributed by atoms with E-state index >= 15 is 0 Å². The summed E-state index contributed by atoms with van der Waals surface area (Å²) in [5.74, 6) is 0.778. The summed E-state index contributed by atoms with van der Waals surface area (Å²) in [6, 6.07) is 22.3. The molecule has 2 aromatic heterocycles. The summed E-state index contributed by atoms with van der Waals surface area (Å²) in [7, 11) is 0. The van der Waals surface area contributed by atoms with Crippen LogP contribution in [0.1, 0.15) is 46.0 Å². The van der Waals surface area contributed by atoms with E-state index in [-0.39, 0.29) is 5.91 Å². The second kappa shape index (κ2) is 12.3. The van der Waals surface area contributed by atoms with Gasteiger partial charge < -0.3 is 20.3 Å². The number of carbonyl (C=O) groups excluding carboxylic acids is 2. The van der Waals surface area contributed by atoms with E-state index in [9.17, 15) is 9.59 Å². The minimum Gasteiger partial charge on any atom is -0.462 e. The van der Waals surface area contributed by atoms with E-state index in [2.05, 4.69) is 43.7 Å². The highest BCUT2D eigenvalue weighted by Gasteiger charge is 2.18. The number of fused-ring (bicyclic) bond motifs is 1. The second-order valence-electron chi connectivity index (χ2n) is 10.4. The standard InChI is InChI=1S/C34H32N6O3/c1-3-43-33(42)24-11-9-23(10-12-24)32(41)38-30-20-27(14-8-22(30)2)37-34-36-21-26-19-25(13-15-29(26)39-34)28-7-6-16-35-31(28)40-17-4-5-18-40/h6-16,19-21H,3-5,17-18H2,1-2H3,(H,38,41)(H,36,37,39). The summed E-state index contributed by atoms with van der Waals surface area (Å²) in [6.07, 6.45) is 6.06. The molecule has 216 valence electrons. The van der Waals surface area contributed by atoms with Gasteiger partial charge in [0.2, 0.25) is 5.95 Å². The number of anilines is 4. The normalized spacial score (nSPS) is 12.7. The van der Waals surface area contributed by atoms with E-state index in [1.165, 1.54) is 12.8 Å². The Morgan fingerprint density at radius 1 is 0.930 bits per heavy atom. The zero-order valence-corrected chi connectivity index (χ0v) is 24.1. The van der Waals surface area contributed by atoms with Crippen LogP contribution in [-0.4, -0.2) is 46.5 Å². The molecule has 1 amide bonds. The maximum atomic E-state index is 12.9. The monoisotopic (exact) mass is 572 g/mol. The van der Waals surface area contributed by atoms with Gasteiger partial charge in [-0.2, -0.15) is 0 Å². The molecule has 1 aliphatic rings. The highest BCUT2D eigenvalue weighted by molar-refractivity contribution is 6.05. The fourth-order valence-corrected chi connectivity index (χ4v) is 5.19. The summed E-state index contributed by atoms with van der Waals surface area (Å²) >= 11 is 0. The van der Waals surface area contributed by atoms with E-state index in [4.69, 9.17) is 9.72 Å². The van der Waals surface area contributed by atoms with Gasteiger partial charge in [-0.05, 0) is 98.5 Å². The number of amides is 1. The van der Waals surface area contributed by atoms with Crippen molar-refractivity contribution in [1.82, 2.24) is 15.0 Å². The number of esters is 1. The maximum Gasteiger partial charge on any atom is 0.338 e. The molecule has 0 unspecified atom stereocenters.